The van der Waals surface area contributed by atoms with E-state index in [-0.39, 0.29) is 0 Å². The summed E-state index contributed by atoms with van der Waals surface area (Å²) in [6.07, 6.45) is 1.98. The minimum Gasteiger partial charge on any atom is -0.295 e. The Morgan fingerprint density at radius 1 is 1.25 bits per heavy atom. The normalized spacial score (nSPS) is 11.1. The minimum absolute atomic E-state index is 0.699. The quantitative estimate of drug-likeness (QED) is 0.658. The van der Waals surface area contributed by atoms with Crippen LogP contribution in [0, 0.1) is 12.8 Å². The second-order valence-corrected chi connectivity index (χ2v) is 4.86. The maximum absolute atomic E-state index is 3.82. The van der Waals surface area contributed by atoms with Gasteiger partial charge in [0.1, 0.15) is 0 Å². The van der Waals surface area contributed by atoms with Gasteiger partial charge in [0.05, 0.1) is 0 Å². The summed E-state index contributed by atoms with van der Waals surface area (Å²) in [6.45, 7) is 13.6. The Morgan fingerprint density at radius 3 is 2.38 bits per heavy atom. The molecule has 0 radical (unpaired) electrons. The van der Waals surface area contributed by atoms with Crippen molar-refractivity contribution in [3.63, 3.8) is 0 Å². The zero-order chi connectivity index (χ0) is 12.0. The Bertz CT molecular complexity index is 311. The monoisotopic (exact) mass is 217 g/mol. The van der Waals surface area contributed by atoms with E-state index in [1.165, 1.54) is 11.1 Å². The number of benzene rings is 1. The number of hydrogen-bond donors (Lipinski definition) is 0. The average molecular weight is 217 g/mol. The van der Waals surface area contributed by atoms with Crippen molar-refractivity contribution in [2.75, 3.05) is 13.1 Å². The van der Waals surface area contributed by atoms with Gasteiger partial charge in [-0.3, -0.25) is 4.90 Å². The van der Waals surface area contributed by atoms with E-state index in [0.717, 1.165) is 19.6 Å². The molecule has 0 saturated heterocycles. The lowest BCUT2D eigenvalue weighted by Crippen LogP contribution is -2.27. The van der Waals surface area contributed by atoms with Crippen molar-refractivity contribution in [1.82, 2.24) is 4.90 Å². The van der Waals surface area contributed by atoms with Crippen LogP contribution in [-0.2, 0) is 6.54 Å². The third-order valence-electron chi connectivity index (χ3n) is 2.54. The molecule has 1 rings (SSSR count). The summed E-state index contributed by atoms with van der Waals surface area (Å²) >= 11 is 0. The van der Waals surface area contributed by atoms with Crippen molar-refractivity contribution in [1.29, 1.82) is 0 Å². The van der Waals surface area contributed by atoms with E-state index in [4.69, 9.17) is 0 Å². The van der Waals surface area contributed by atoms with E-state index < -0.39 is 0 Å². The topological polar surface area (TPSA) is 3.24 Å². The molecule has 0 aliphatic carbocycles. The molecule has 1 nitrogen and oxygen atoms in total. The van der Waals surface area contributed by atoms with E-state index in [0.29, 0.717) is 5.92 Å². The summed E-state index contributed by atoms with van der Waals surface area (Å²) in [4.78, 5) is 2.43. The van der Waals surface area contributed by atoms with Gasteiger partial charge in [0.15, 0.2) is 0 Å². The van der Waals surface area contributed by atoms with Crippen molar-refractivity contribution < 1.29 is 0 Å². The van der Waals surface area contributed by atoms with Gasteiger partial charge in [-0.25, -0.2) is 0 Å². The van der Waals surface area contributed by atoms with Gasteiger partial charge in [0, 0.05) is 19.6 Å². The molecule has 88 valence electrons. The molecule has 0 atom stereocenters. The maximum Gasteiger partial charge on any atom is 0.0237 e. The predicted octanol–water partition coefficient (Wildman–Crippen LogP) is 3.64. The largest absolute Gasteiger partial charge is 0.295 e. The smallest absolute Gasteiger partial charge is 0.0237 e. The first-order valence-electron chi connectivity index (χ1n) is 6.00. The maximum atomic E-state index is 3.82. The molecule has 1 aromatic carbocycles. The summed E-state index contributed by atoms with van der Waals surface area (Å²) in [5, 5.41) is 0. The van der Waals surface area contributed by atoms with E-state index in [1.54, 1.807) is 0 Å². The van der Waals surface area contributed by atoms with Gasteiger partial charge in [-0.1, -0.05) is 49.8 Å². The number of aryl methyl sites for hydroxylation is 1. The Balaban J connectivity index is 2.59. The van der Waals surface area contributed by atoms with E-state index in [1.807, 2.05) is 6.08 Å². The van der Waals surface area contributed by atoms with Crippen molar-refractivity contribution in [3.8, 4) is 0 Å². The van der Waals surface area contributed by atoms with Crippen LogP contribution in [0.2, 0.25) is 0 Å². The molecular formula is C15H23N. The first kappa shape index (κ1) is 13.0. The van der Waals surface area contributed by atoms with Crippen LogP contribution >= 0.6 is 0 Å². The van der Waals surface area contributed by atoms with Crippen LogP contribution in [0.15, 0.2) is 36.9 Å². The minimum atomic E-state index is 0.699. The average Bonchev–Trinajstić information content (AvgIpc) is 2.21. The van der Waals surface area contributed by atoms with Crippen LogP contribution in [0.3, 0.4) is 0 Å². The van der Waals surface area contributed by atoms with E-state index in [2.05, 4.69) is 56.5 Å². The fourth-order valence-electron chi connectivity index (χ4n) is 1.85. The second-order valence-electron chi connectivity index (χ2n) is 4.86. The number of nitrogens with zero attached hydrogens (tertiary/aromatic N) is 1. The highest BCUT2D eigenvalue weighted by molar-refractivity contribution is 5.21. The van der Waals surface area contributed by atoms with Gasteiger partial charge in [-0.2, -0.15) is 0 Å². The second kappa shape index (κ2) is 6.49. The van der Waals surface area contributed by atoms with Crippen LogP contribution in [0.25, 0.3) is 0 Å². The highest BCUT2D eigenvalue weighted by Crippen LogP contribution is 2.08. The van der Waals surface area contributed by atoms with Crippen LogP contribution in [0.4, 0.5) is 0 Å². The lowest BCUT2D eigenvalue weighted by molar-refractivity contribution is 0.261. The Labute approximate surface area is 99.8 Å². The first-order chi connectivity index (χ1) is 7.61. The summed E-state index contributed by atoms with van der Waals surface area (Å²) in [5.74, 6) is 0.699. The molecule has 0 aliphatic rings. The fourth-order valence-corrected chi connectivity index (χ4v) is 1.85. The van der Waals surface area contributed by atoms with Gasteiger partial charge in [0.2, 0.25) is 0 Å². The van der Waals surface area contributed by atoms with E-state index >= 15 is 0 Å². The molecule has 1 aromatic rings. The molecule has 0 spiro atoms. The molecule has 0 bridgehead atoms. The summed E-state index contributed by atoms with van der Waals surface area (Å²) in [6, 6.07) is 8.78. The highest BCUT2D eigenvalue weighted by Gasteiger charge is 2.06. The highest BCUT2D eigenvalue weighted by atomic mass is 15.1. The van der Waals surface area contributed by atoms with Crippen molar-refractivity contribution in [3.05, 3.63) is 48.0 Å². The van der Waals surface area contributed by atoms with Gasteiger partial charge in [-0.05, 0) is 18.4 Å². The molecule has 0 aliphatic heterocycles. The molecular weight excluding hydrogens is 194 g/mol. The van der Waals surface area contributed by atoms with Crippen LogP contribution in [-0.4, -0.2) is 18.0 Å². The van der Waals surface area contributed by atoms with E-state index in [9.17, 15) is 0 Å². The SMILES string of the molecule is C=CCN(Cc1ccc(C)cc1)CC(C)C. The molecule has 1 heteroatoms. The van der Waals surface area contributed by atoms with Crippen LogP contribution < -0.4 is 0 Å². The molecule has 0 saturated carbocycles. The Kier molecular flexibility index (Phi) is 5.27. The molecule has 0 aromatic heterocycles. The fraction of sp³-hybridized carbons (Fsp3) is 0.467. The van der Waals surface area contributed by atoms with Crippen molar-refractivity contribution >= 4 is 0 Å². The summed E-state index contributed by atoms with van der Waals surface area (Å²) in [7, 11) is 0. The van der Waals surface area contributed by atoms with Crippen molar-refractivity contribution in [2.24, 2.45) is 5.92 Å². The molecule has 0 fully saturated rings. The molecule has 0 N–H and O–H groups in total. The van der Waals surface area contributed by atoms with Crippen LogP contribution in [0.5, 0.6) is 0 Å². The number of hydrogen-bond acceptors (Lipinski definition) is 1. The summed E-state index contributed by atoms with van der Waals surface area (Å²) < 4.78 is 0. The van der Waals surface area contributed by atoms with Gasteiger partial charge < -0.3 is 0 Å². The standard InChI is InChI=1S/C15H23N/c1-5-10-16(11-13(2)3)12-15-8-6-14(4)7-9-15/h5-9,13H,1,10-12H2,2-4H3. The first-order valence-corrected chi connectivity index (χ1v) is 6.00. The third-order valence-corrected chi connectivity index (χ3v) is 2.54. The summed E-state index contributed by atoms with van der Waals surface area (Å²) in [5.41, 5.74) is 2.70. The molecule has 0 amide bonds. The molecule has 0 heterocycles. The Hall–Kier alpha value is -1.08. The van der Waals surface area contributed by atoms with Gasteiger partial charge >= 0.3 is 0 Å². The zero-order valence-corrected chi connectivity index (χ0v) is 10.7. The third kappa shape index (κ3) is 4.63. The lowest BCUT2D eigenvalue weighted by Gasteiger charge is -2.22. The van der Waals surface area contributed by atoms with Crippen LogP contribution in [0.1, 0.15) is 25.0 Å². The van der Waals surface area contributed by atoms with Gasteiger partial charge in [0.25, 0.3) is 0 Å². The lowest BCUT2D eigenvalue weighted by atomic mass is 10.1. The number of rotatable bonds is 6. The Morgan fingerprint density at radius 2 is 1.88 bits per heavy atom. The van der Waals surface area contributed by atoms with Crippen molar-refractivity contribution in [2.45, 2.75) is 27.3 Å². The predicted molar refractivity (Wildman–Crippen MR) is 71.5 cm³/mol. The molecule has 16 heavy (non-hydrogen) atoms. The zero-order valence-electron chi connectivity index (χ0n) is 10.7. The van der Waals surface area contributed by atoms with Gasteiger partial charge in [-0.15, -0.1) is 6.58 Å². The molecule has 0 unspecified atom stereocenters.